The molecule has 3 atom stereocenters. The Bertz CT molecular complexity index is 2660. The van der Waals surface area contributed by atoms with Crippen LogP contribution in [0.2, 0.25) is 0 Å². The molecule has 1 N–H and O–H groups in total. The van der Waals surface area contributed by atoms with Crippen molar-refractivity contribution in [3.8, 4) is 45.0 Å². The Morgan fingerprint density at radius 1 is 0.643 bits per heavy atom. The molecule has 3 unspecified atom stereocenters. The summed E-state index contributed by atoms with van der Waals surface area (Å²) in [6, 6.07) is 54.1. The normalized spacial score (nSPS) is 17.2. The van der Waals surface area contributed by atoms with Crippen molar-refractivity contribution in [2.24, 2.45) is 11.8 Å². The van der Waals surface area contributed by atoms with E-state index in [1.165, 1.54) is 45.4 Å². The van der Waals surface area contributed by atoms with Gasteiger partial charge in [-0.05, 0) is 100 Å². The molecular formula is C53H45N3. The summed E-state index contributed by atoms with van der Waals surface area (Å²) >= 11 is 0. The van der Waals surface area contributed by atoms with E-state index in [1.807, 2.05) is 19.9 Å². The molecule has 1 heterocycles. The molecule has 0 amide bonds. The van der Waals surface area contributed by atoms with Crippen LogP contribution < -0.4 is 5.32 Å². The predicted molar refractivity (Wildman–Crippen MR) is 236 cm³/mol. The number of hydrogen-bond donors (Lipinski definition) is 1. The Balaban J connectivity index is 0.00000202. The lowest BCUT2D eigenvalue weighted by Gasteiger charge is -2.20. The van der Waals surface area contributed by atoms with Gasteiger partial charge in [-0.25, -0.2) is 9.97 Å². The maximum atomic E-state index is 5.30. The van der Waals surface area contributed by atoms with Crippen molar-refractivity contribution in [1.29, 1.82) is 0 Å². The van der Waals surface area contributed by atoms with Gasteiger partial charge in [0.15, 0.2) is 5.82 Å². The number of hydrogen-bond acceptors (Lipinski definition) is 3. The zero-order valence-corrected chi connectivity index (χ0v) is 32.2. The zero-order valence-electron chi connectivity index (χ0n) is 32.2. The van der Waals surface area contributed by atoms with Crippen LogP contribution in [0.3, 0.4) is 0 Å². The van der Waals surface area contributed by atoms with E-state index in [0.717, 1.165) is 45.0 Å². The smallest absolute Gasteiger partial charge is 0.160 e. The van der Waals surface area contributed by atoms with Crippen molar-refractivity contribution >= 4 is 23.0 Å². The fourth-order valence-electron chi connectivity index (χ4n) is 8.57. The molecule has 3 aliphatic carbocycles. The molecule has 272 valence electrons. The molecule has 1 saturated carbocycles. The van der Waals surface area contributed by atoms with Crippen LogP contribution in [0, 0.1) is 18.8 Å². The van der Waals surface area contributed by atoms with Crippen LogP contribution in [-0.4, -0.2) is 9.97 Å². The topological polar surface area (TPSA) is 37.8 Å². The lowest BCUT2D eigenvalue weighted by Crippen LogP contribution is -2.05. The van der Waals surface area contributed by atoms with E-state index in [0.29, 0.717) is 17.7 Å². The van der Waals surface area contributed by atoms with Crippen LogP contribution >= 0.6 is 0 Å². The van der Waals surface area contributed by atoms with Crippen molar-refractivity contribution in [2.75, 3.05) is 5.32 Å². The summed E-state index contributed by atoms with van der Waals surface area (Å²) in [7, 11) is 0. The zero-order chi connectivity index (χ0) is 38.2. The maximum Gasteiger partial charge on any atom is 0.160 e. The quantitative estimate of drug-likeness (QED) is 0.170. The van der Waals surface area contributed by atoms with Gasteiger partial charge in [-0.1, -0.05) is 160 Å². The molecule has 0 spiro atoms. The monoisotopic (exact) mass is 723 g/mol. The van der Waals surface area contributed by atoms with Crippen LogP contribution in [0.25, 0.3) is 56.7 Å². The number of para-hydroxylation sites is 1. The molecule has 1 aromatic heterocycles. The lowest BCUT2D eigenvalue weighted by molar-refractivity contribution is 0.819. The maximum absolute atomic E-state index is 5.30. The number of allylic oxidation sites excluding steroid dienone is 4. The summed E-state index contributed by atoms with van der Waals surface area (Å²) in [5, 5.41) is 3.72. The van der Waals surface area contributed by atoms with Gasteiger partial charge in [0, 0.05) is 39.5 Å². The Morgan fingerprint density at radius 3 is 2.14 bits per heavy atom. The van der Waals surface area contributed by atoms with E-state index in [-0.39, 0.29) is 5.92 Å². The number of nitrogens with one attached hydrogen (secondary N) is 1. The largest absolute Gasteiger partial charge is 0.355 e. The van der Waals surface area contributed by atoms with E-state index in [1.54, 1.807) is 5.57 Å². The molecule has 0 bridgehead atoms. The van der Waals surface area contributed by atoms with Crippen molar-refractivity contribution in [3.63, 3.8) is 0 Å². The third-order valence-electron chi connectivity index (χ3n) is 11.4. The van der Waals surface area contributed by atoms with E-state index < -0.39 is 0 Å². The molecule has 3 heteroatoms. The molecule has 0 aliphatic heterocycles. The van der Waals surface area contributed by atoms with Crippen LogP contribution in [0.1, 0.15) is 54.0 Å². The standard InChI is InChI=1S/C51H39N3.C2H6/c1-3-33-22-24-34(25-23-33)47-31-48(36-13-10-14-37(28-36)49-43-20-7-6-18-41(43)44-27-26-35-30-45(35)50(44)49)54-51(53-47)38-15-11-16-39(29-38)52-46-21-9-8-19-42(46)40-17-5-4-12-32(40)2;1-2/h3-29,31,35,45,49,52H,1,30H2,2H3;1-2H3. The predicted octanol–water partition coefficient (Wildman–Crippen LogP) is 14.0. The lowest BCUT2D eigenvalue weighted by atomic mass is 9.84. The number of fused-ring (bicyclic) bond motifs is 4. The highest BCUT2D eigenvalue weighted by atomic mass is 14.9. The molecule has 3 aliphatic rings. The Morgan fingerprint density at radius 2 is 1.34 bits per heavy atom. The summed E-state index contributed by atoms with van der Waals surface area (Å²) in [5.41, 5.74) is 18.7. The summed E-state index contributed by atoms with van der Waals surface area (Å²) in [4.78, 5) is 10.5. The van der Waals surface area contributed by atoms with Crippen molar-refractivity contribution in [1.82, 2.24) is 9.97 Å². The van der Waals surface area contributed by atoms with Gasteiger partial charge in [0.2, 0.25) is 0 Å². The Labute approximate surface area is 330 Å². The number of nitrogens with zero attached hydrogens (tertiary/aromatic N) is 2. The van der Waals surface area contributed by atoms with Gasteiger partial charge in [0.1, 0.15) is 0 Å². The van der Waals surface area contributed by atoms with E-state index in [4.69, 9.17) is 9.97 Å². The number of aryl methyl sites for hydroxylation is 1. The van der Waals surface area contributed by atoms with E-state index in [2.05, 4.69) is 183 Å². The fraction of sp³-hybridized carbons (Fsp3) is 0.132. The molecule has 0 radical (unpaired) electrons. The molecule has 56 heavy (non-hydrogen) atoms. The van der Waals surface area contributed by atoms with Crippen LogP contribution in [-0.2, 0) is 0 Å². The highest BCUT2D eigenvalue weighted by molar-refractivity contribution is 5.88. The first-order valence-corrected chi connectivity index (χ1v) is 19.9. The van der Waals surface area contributed by atoms with Gasteiger partial charge in [-0.15, -0.1) is 0 Å². The first-order chi connectivity index (χ1) is 27.6. The molecule has 1 fully saturated rings. The van der Waals surface area contributed by atoms with Crippen molar-refractivity contribution in [3.05, 3.63) is 204 Å². The molecular weight excluding hydrogens is 679 g/mol. The van der Waals surface area contributed by atoms with E-state index in [9.17, 15) is 0 Å². The number of aromatic nitrogens is 2. The fourth-order valence-corrected chi connectivity index (χ4v) is 8.57. The van der Waals surface area contributed by atoms with Gasteiger partial charge < -0.3 is 5.32 Å². The van der Waals surface area contributed by atoms with Crippen molar-refractivity contribution < 1.29 is 0 Å². The minimum atomic E-state index is 0.258. The summed E-state index contributed by atoms with van der Waals surface area (Å²) < 4.78 is 0. The highest BCUT2D eigenvalue weighted by Gasteiger charge is 2.47. The Kier molecular flexibility index (Phi) is 9.36. The SMILES string of the molecule is C=Cc1ccc(-c2cc(-c3cccc(C4C5=C(C=CC6CC56)c5ccccc54)c3)nc(-c3cccc(Nc4ccccc4-c4ccccc4C)c3)n2)cc1.CC. The van der Waals surface area contributed by atoms with Gasteiger partial charge in [0.25, 0.3) is 0 Å². The number of benzene rings is 6. The second-order valence-electron chi connectivity index (χ2n) is 14.7. The summed E-state index contributed by atoms with van der Waals surface area (Å²) in [6.45, 7) is 10.1. The third-order valence-corrected chi connectivity index (χ3v) is 11.4. The van der Waals surface area contributed by atoms with E-state index >= 15 is 0 Å². The Hall–Kier alpha value is -6.58. The second kappa shape index (κ2) is 14.9. The first kappa shape index (κ1) is 35.1. The molecule has 6 aromatic carbocycles. The first-order valence-electron chi connectivity index (χ1n) is 19.9. The molecule has 3 nitrogen and oxygen atoms in total. The molecule has 0 saturated heterocycles. The number of anilines is 2. The minimum absolute atomic E-state index is 0.258. The highest BCUT2D eigenvalue weighted by Crippen LogP contribution is 2.60. The minimum Gasteiger partial charge on any atom is -0.355 e. The van der Waals surface area contributed by atoms with Crippen LogP contribution in [0.15, 0.2) is 176 Å². The number of rotatable bonds is 8. The van der Waals surface area contributed by atoms with Gasteiger partial charge in [0.05, 0.1) is 11.4 Å². The average molecular weight is 724 g/mol. The van der Waals surface area contributed by atoms with Gasteiger partial charge in [-0.2, -0.15) is 0 Å². The van der Waals surface area contributed by atoms with Crippen LogP contribution in [0.5, 0.6) is 0 Å². The average Bonchev–Trinajstić information content (AvgIpc) is 3.99. The summed E-state index contributed by atoms with van der Waals surface area (Å²) in [6.07, 6.45) is 7.94. The van der Waals surface area contributed by atoms with Gasteiger partial charge >= 0.3 is 0 Å². The van der Waals surface area contributed by atoms with Crippen molar-refractivity contribution in [2.45, 2.75) is 33.1 Å². The second-order valence-corrected chi connectivity index (χ2v) is 14.7. The van der Waals surface area contributed by atoms with Gasteiger partial charge in [-0.3, -0.25) is 0 Å². The third kappa shape index (κ3) is 6.50. The summed E-state index contributed by atoms with van der Waals surface area (Å²) in [5.74, 6) is 2.27. The molecule has 10 rings (SSSR count). The molecule has 7 aromatic rings. The van der Waals surface area contributed by atoms with Crippen LogP contribution in [0.4, 0.5) is 11.4 Å².